The molecular formula is C23H25N7O4S. The van der Waals surface area contributed by atoms with Crippen LogP contribution in [0.2, 0.25) is 0 Å². The summed E-state index contributed by atoms with van der Waals surface area (Å²) < 4.78 is 27.1. The molecule has 0 saturated carbocycles. The van der Waals surface area contributed by atoms with E-state index in [0.29, 0.717) is 17.6 Å². The lowest BCUT2D eigenvalue weighted by Gasteiger charge is -2.16. The molecule has 1 heterocycles. The number of pyridine rings is 1. The maximum atomic E-state index is 12.3. The molecule has 35 heavy (non-hydrogen) atoms. The Morgan fingerprint density at radius 1 is 1.00 bits per heavy atom. The number of anilines is 3. The summed E-state index contributed by atoms with van der Waals surface area (Å²) in [6.45, 7) is 0.230. The number of nitrogens with two attached hydrogens (primary N) is 2. The van der Waals surface area contributed by atoms with Gasteiger partial charge in [0.2, 0.25) is 10.0 Å². The predicted octanol–water partition coefficient (Wildman–Crippen LogP) is 1.94. The molecule has 3 aromatic carbocycles. The van der Waals surface area contributed by atoms with E-state index in [-0.39, 0.29) is 23.9 Å². The average molecular weight is 496 g/mol. The SMILES string of the molecule is NC(N)=NCCCS(=O)(=O)Nc1ccc(Nc2c3ccccc3nc3cc([NH+]([O-])O)ccc23)cc1. The highest BCUT2D eigenvalue weighted by Crippen LogP contribution is 2.34. The summed E-state index contributed by atoms with van der Waals surface area (Å²) in [5.41, 5.74) is 13.8. The van der Waals surface area contributed by atoms with Crippen LogP contribution in [0.3, 0.4) is 0 Å². The molecule has 0 radical (unpaired) electrons. The Balaban J connectivity index is 1.57. The second-order valence-corrected chi connectivity index (χ2v) is 9.67. The van der Waals surface area contributed by atoms with Crippen LogP contribution in [0.1, 0.15) is 6.42 Å². The Morgan fingerprint density at radius 2 is 1.69 bits per heavy atom. The summed E-state index contributed by atoms with van der Waals surface area (Å²) in [6, 6.07) is 19.2. The van der Waals surface area contributed by atoms with E-state index in [4.69, 9.17) is 11.5 Å². The Bertz CT molecular complexity index is 1490. The molecule has 0 aliphatic heterocycles. The number of aliphatic imine (C=N–C) groups is 1. The summed E-state index contributed by atoms with van der Waals surface area (Å²) in [6.07, 6.45) is 0.290. The number of aromatic nitrogens is 1. The number of quaternary nitrogens is 1. The highest BCUT2D eigenvalue weighted by Gasteiger charge is 2.13. The van der Waals surface area contributed by atoms with Gasteiger partial charge in [0.05, 0.1) is 22.5 Å². The number of sulfonamides is 1. The topological polar surface area (TPSA) is 183 Å². The van der Waals surface area contributed by atoms with Gasteiger partial charge in [-0.1, -0.05) is 18.2 Å². The molecule has 0 amide bonds. The number of benzene rings is 3. The molecule has 1 unspecified atom stereocenters. The molecular weight excluding hydrogens is 470 g/mol. The van der Waals surface area contributed by atoms with Crippen LogP contribution in [0.15, 0.2) is 71.7 Å². The second kappa shape index (κ2) is 10.1. The van der Waals surface area contributed by atoms with Gasteiger partial charge in [-0.05, 0) is 42.8 Å². The minimum Gasteiger partial charge on any atom is -0.595 e. The summed E-state index contributed by atoms with van der Waals surface area (Å²) in [5.74, 6) is -0.188. The maximum absolute atomic E-state index is 12.3. The van der Waals surface area contributed by atoms with E-state index in [1.807, 2.05) is 24.3 Å². The second-order valence-electron chi connectivity index (χ2n) is 7.82. The number of guanidine groups is 1. The zero-order valence-electron chi connectivity index (χ0n) is 18.6. The number of fused-ring (bicyclic) bond motifs is 2. The number of nitrogens with one attached hydrogen (secondary N) is 3. The average Bonchev–Trinajstić information content (AvgIpc) is 2.82. The standard InChI is InChI=1S/C23H25N7O4S/c24-23(25)26-12-3-13-35(33,34)29-16-8-6-15(7-9-16)27-22-18-4-1-2-5-20(18)28-21-14-17(30(31)32)10-11-19(21)22/h1-2,4-11,14,29-31H,3,12-13H2,(H,27,28)(H4,24,25,26). The van der Waals surface area contributed by atoms with Gasteiger partial charge in [-0.2, -0.15) is 5.23 Å². The molecule has 0 aliphatic rings. The summed E-state index contributed by atoms with van der Waals surface area (Å²) in [4.78, 5) is 8.40. The monoisotopic (exact) mass is 495 g/mol. The summed E-state index contributed by atoms with van der Waals surface area (Å²) in [5, 5.41) is 24.7. The van der Waals surface area contributed by atoms with Gasteiger partial charge < -0.3 is 22.0 Å². The lowest BCUT2D eigenvalue weighted by Crippen LogP contribution is -2.99. The number of rotatable bonds is 9. The molecule has 11 nitrogen and oxygen atoms in total. The fourth-order valence-corrected chi connectivity index (χ4v) is 4.73. The first-order valence-corrected chi connectivity index (χ1v) is 12.4. The van der Waals surface area contributed by atoms with Gasteiger partial charge in [-0.25, -0.2) is 18.6 Å². The van der Waals surface area contributed by atoms with Gasteiger partial charge in [0.1, 0.15) is 0 Å². The van der Waals surface area contributed by atoms with Crippen LogP contribution in [0.4, 0.5) is 22.7 Å². The van der Waals surface area contributed by atoms with Crippen molar-refractivity contribution in [1.29, 1.82) is 0 Å². The van der Waals surface area contributed by atoms with Gasteiger partial charge in [-0.15, -0.1) is 0 Å². The number of nitrogens with zero attached hydrogens (tertiary/aromatic N) is 2. The molecule has 8 N–H and O–H groups in total. The third-order valence-electron chi connectivity index (χ3n) is 5.22. The van der Waals surface area contributed by atoms with Crippen LogP contribution < -0.4 is 26.7 Å². The van der Waals surface area contributed by atoms with E-state index in [1.165, 1.54) is 6.07 Å². The minimum absolute atomic E-state index is 0.0736. The van der Waals surface area contributed by atoms with Crippen LogP contribution in [-0.4, -0.2) is 36.9 Å². The van der Waals surface area contributed by atoms with E-state index in [2.05, 4.69) is 20.0 Å². The molecule has 4 rings (SSSR count). The number of hydrogen-bond donors (Lipinski definition) is 6. The van der Waals surface area contributed by atoms with Crippen molar-refractivity contribution in [3.8, 4) is 0 Å². The summed E-state index contributed by atoms with van der Waals surface area (Å²) >= 11 is 0. The van der Waals surface area contributed by atoms with Crippen molar-refractivity contribution < 1.29 is 18.9 Å². The first-order chi connectivity index (χ1) is 16.7. The van der Waals surface area contributed by atoms with Crippen molar-refractivity contribution >= 4 is 60.5 Å². The number of hydrogen-bond acceptors (Lipinski definition) is 7. The maximum Gasteiger partial charge on any atom is 0.232 e. The molecule has 0 fully saturated rings. The molecule has 1 aromatic heterocycles. The lowest BCUT2D eigenvalue weighted by atomic mass is 10.1. The third-order valence-corrected chi connectivity index (χ3v) is 6.59. The van der Waals surface area contributed by atoms with Crippen molar-refractivity contribution in [3.63, 3.8) is 0 Å². The minimum atomic E-state index is -3.55. The zero-order valence-corrected chi connectivity index (χ0v) is 19.4. The van der Waals surface area contributed by atoms with Crippen molar-refractivity contribution in [3.05, 3.63) is 71.9 Å². The molecule has 1 atom stereocenters. The third kappa shape index (κ3) is 5.94. The van der Waals surface area contributed by atoms with Crippen molar-refractivity contribution in [2.45, 2.75) is 6.42 Å². The zero-order chi connectivity index (χ0) is 25.0. The van der Waals surface area contributed by atoms with Crippen LogP contribution in [0.5, 0.6) is 0 Å². The predicted molar refractivity (Wildman–Crippen MR) is 137 cm³/mol. The van der Waals surface area contributed by atoms with Gasteiger partial charge in [0, 0.05) is 40.8 Å². The van der Waals surface area contributed by atoms with Gasteiger partial charge in [0.25, 0.3) is 0 Å². The molecule has 0 spiro atoms. The quantitative estimate of drug-likeness (QED) is 0.0669. The Morgan fingerprint density at radius 3 is 2.40 bits per heavy atom. The molecule has 4 aromatic rings. The first-order valence-electron chi connectivity index (χ1n) is 10.7. The van der Waals surface area contributed by atoms with E-state index in [9.17, 15) is 18.8 Å². The van der Waals surface area contributed by atoms with Gasteiger partial charge >= 0.3 is 0 Å². The summed E-state index contributed by atoms with van der Waals surface area (Å²) in [7, 11) is -3.55. The Kier molecular flexibility index (Phi) is 6.98. The molecule has 0 saturated heterocycles. The van der Waals surface area contributed by atoms with E-state index < -0.39 is 15.2 Å². The molecule has 0 bridgehead atoms. The molecule has 0 aliphatic carbocycles. The number of para-hydroxylation sites is 1. The van der Waals surface area contributed by atoms with Crippen LogP contribution in [-0.2, 0) is 10.0 Å². The van der Waals surface area contributed by atoms with Crippen LogP contribution in [0, 0.1) is 5.21 Å². The highest BCUT2D eigenvalue weighted by molar-refractivity contribution is 7.92. The Labute approximate surface area is 201 Å². The fourth-order valence-electron chi connectivity index (χ4n) is 3.62. The van der Waals surface area contributed by atoms with E-state index in [1.54, 1.807) is 36.4 Å². The van der Waals surface area contributed by atoms with E-state index in [0.717, 1.165) is 27.7 Å². The van der Waals surface area contributed by atoms with Gasteiger partial charge in [0.15, 0.2) is 11.6 Å². The van der Waals surface area contributed by atoms with Crippen LogP contribution in [0.25, 0.3) is 21.8 Å². The fraction of sp³-hybridized carbons (Fsp3) is 0.130. The van der Waals surface area contributed by atoms with Crippen molar-refractivity contribution in [2.24, 2.45) is 16.5 Å². The largest absolute Gasteiger partial charge is 0.595 e. The van der Waals surface area contributed by atoms with Crippen molar-refractivity contribution in [1.82, 2.24) is 4.98 Å². The van der Waals surface area contributed by atoms with Crippen LogP contribution >= 0.6 is 0 Å². The smallest absolute Gasteiger partial charge is 0.232 e. The Hall–Kier alpha value is -3.97. The normalized spacial score (nSPS) is 12.4. The molecule has 182 valence electrons. The van der Waals surface area contributed by atoms with Crippen molar-refractivity contribution in [2.75, 3.05) is 22.3 Å². The van der Waals surface area contributed by atoms with Gasteiger partial charge in [-0.3, -0.25) is 9.71 Å². The lowest BCUT2D eigenvalue weighted by molar-refractivity contribution is -0.991. The molecule has 12 heteroatoms. The van der Waals surface area contributed by atoms with E-state index >= 15 is 0 Å². The first kappa shape index (κ1) is 24.2. The highest BCUT2D eigenvalue weighted by atomic mass is 32.2.